The summed E-state index contributed by atoms with van der Waals surface area (Å²) >= 11 is 1.40. The predicted octanol–water partition coefficient (Wildman–Crippen LogP) is 4.54. The van der Waals surface area contributed by atoms with Gasteiger partial charge < -0.3 is 5.32 Å². The van der Waals surface area contributed by atoms with E-state index >= 15 is 0 Å². The van der Waals surface area contributed by atoms with Gasteiger partial charge in [-0.05, 0) is 48.1 Å². The Kier molecular flexibility index (Phi) is 7.00. The fraction of sp³-hybridized carbons (Fsp3) is 0.423. The fourth-order valence-electron chi connectivity index (χ4n) is 5.49. The highest BCUT2D eigenvalue weighted by atomic mass is 32.2. The maximum atomic E-state index is 13.5. The van der Waals surface area contributed by atoms with Crippen LogP contribution in [-0.2, 0) is 26.7 Å². The van der Waals surface area contributed by atoms with Gasteiger partial charge in [-0.2, -0.15) is 0 Å². The molecule has 184 valence electrons. The van der Waals surface area contributed by atoms with E-state index in [0.29, 0.717) is 17.5 Å². The number of sulfonamides is 1. The quantitative estimate of drug-likeness (QED) is 0.440. The molecule has 0 aliphatic heterocycles. The highest BCUT2D eigenvalue weighted by molar-refractivity contribution is 7.89. The second kappa shape index (κ2) is 10.2. The number of anilines is 1. The molecular formula is C26H30N4O3S2. The van der Waals surface area contributed by atoms with Crippen molar-refractivity contribution in [2.45, 2.75) is 55.3 Å². The highest BCUT2D eigenvalue weighted by Gasteiger charge is 2.63. The fourth-order valence-corrected chi connectivity index (χ4v) is 7.04. The first-order chi connectivity index (χ1) is 17.0. The summed E-state index contributed by atoms with van der Waals surface area (Å²) in [6.07, 6.45) is 10.7. The lowest BCUT2D eigenvalue weighted by atomic mass is 9.80. The van der Waals surface area contributed by atoms with Crippen LogP contribution in [0.25, 0.3) is 0 Å². The summed E-state index contributed by atoms with van der Waals surface area (Å²) in [6.45, 7) is 0.269. The van der Waals surface area contributed by atoms with Crippen LogP contribution in [0, 0.1) is 11.8 Å². The molecule has 35 heavy (non-hydrogen) atoms. The second-order valence-electron chi connectivity index (χ2n) is 9.46. The molecule has 2 saturated carbocycles. The Morgan fingerprint density at radius 1 is 1.03 bits per heavy atom. The highest BCUT2D eigenvalue weighted by Crippen LogP contribution is 2.61. The van der Waals surface area contributed by atoms with Crippen molar-refractivity contribution in [3.05, 3.63) is 71.5 Å². The Morgan fingerprint density at radius 2 is 1.83 bits per heavy atom. The minimum absolute atomic E-state index is 0.0351. The number of carbonyl (C=O) groups is 1. The number of rotatable bonds is 9. The number of pyridine rings is 1. The van der Waals surface area contributed by atoms with Gasteiger partial charge in [0.15, 0.2) is 5.13 Å². The van der Waals surface area contributed by atoms with Gasteiger partial charge in [0.1, 0.15) is 0 Å². The largest absolute Gasteiger partial charge is 0.301 e. The lowest BCUT2D eigenvalue weighted by molar-refractivity contribution is -0.119. The Hall–Kier alpha value is -2.62. The van der Waals surface area contributed by atoms with E-state index in [-0.39, 0.29) is 23.3 Å². The van der Waals surface area contributed by atoms with Gasteiger partial charge >= 0.3 is 0 Å². The van der Waals surface area contributed by atoms with Crippen molar-refractivity contribution in [1.82, 2.24) is 14.7 Å². The average Bonchev–Trinajstić information content (AvgIpc) is 3.45. The number of amides is 1. The van der Waals surface area contributed by atoms with Crippen LogP contribution in [0.5, 0.6) is 0 Å². The molecule has 5 rings (SSSR count). The summed E-state index contributed by atoms with van der Waals surface area (Å²) in [4.78, 5) is 22.2. The summed E-state index contributed by atoms with van der Waals surface area (Å²) in [5, 5.41) is 5.45. The van der Waals surface area contributed by atoms with E-state index in [1.165, 1.54) is 30.6 Å². The molecule has 1 amide bonds. The van der Waals surface area contributed by atoms with E-state index in [9.17, 15) is 13.2 Å². The van der Waals surface area contributed by atoms with Gasteiger partial charge in [-0.1, -0.05) is 50.3 Å². The molecule has 2 aromatic heterocycles. The van der Waals surface area contributed by atoms with E-state index < -0.39 is 15.4 Å². The number of carbonyl (C=O) groups excluding carboxylic acids is 1. The Labute approximate surface area is 210 Å². The van der Waals surface area contributed by atoms with Crippen LogP contribution in [0.15, 0.2) is 65.1 Å². The first-order valence-corrected chi connectivity index (χ1v) is 14.6. The summed E-state index contributed by atoms with van der Waals surface area (Å²) in [5.41, 5.74) is 1.10. The van der Waals surface area contributed by atoms with Crippen LogP contribution in [0.4, 0.5) is 5.13 Å². The molecule has 9 heteroatoms. The van der Waals surface area contributed by atoms with E-state index in [2.05, 4.69) is 20.0 Å². The van der Waals surface area contributed by atoms with Crippen LogP contribution in [0.2, 0.25) is 0 Å². The average molecular weight is 511 g/mol. The maximum absolute atomic E-state index is 13.5. The minimum Gasteiger partial charge on any atom is -0.301 e. The normalized spacial score (nSPS) is 22.6. The van der Waals surface area contributed by atoms with Crippen LogP contribution in [0.3, 0.4) is 0 Å². The second-order valence-corrected chi connectivity index (χ2v) is 12.1. The SMILES string of the molecule is O=C(Nc1nccs1)[C@]1(c2ccc(S(=O)(=O)NCCc3ccccn3)cc2)C[C@H]1C1CCCCC1. The zero-order chi connectivity index (χ0) is 24.3. The first kappa shape index (κ1) is 24.1. The van der Waals surface area contributed by atoms with Gasteiger partial charge in [0.25, 0.3) is 0 Å². The van der Waals surface area contributed by atoms with Crippen LogP contribution < -0.4 is 10.0 Å². The summed E-state index contributed by atoms with van der Waals surface area (Å²) in [6, 6.07) is 12.5. The van der Waals surface area contributed by atoms with E-state index in [1.54, 1.807) is 24.5 Å². The molecule has 0 unspecified atom stereocenters. The molecule has 2 fully saturated rings. The van der Waals surface area contributed by atoms with Crippen molar-refractivity contribution in [1.29, 1.82) is 0 Å². The van der Waals surface area contributed by atoms with Gasteiger partial charge in [-0.3, -0.25) is 9.78 Å². The van der Waals surface area contributed by atoms with E-state index in [0.717, 1.165) is 30.5 Å². The Balaban J connectivity index is 1.32. The number of aromatic nitrogens is 2. The zero-order valence-corrected chi connectivity index (χ0v) is 21.2. The Morgan fingerprint density at radius 3 is 2.51 bits per heavy atom. The lowest BCUT2D eigenvalue weighted by Gasteiger charge is -2.25. The smallest absolute Gasteiger partial charge is 0.240 e. The number of benzene rings is 1. The topological polar surface area (TPSA) is 101 Å². The summed E-state index contributed by atoms with van der Waals surface area (Å²) < 4.78 is 28.3. The van der Waals surface area contributed by atoms with E-state index in [4.69, 9.17) is 0 Å². The van der Waals surface area contributed by atoms with Crippen molar-refractivity contribution in [3.8, 4) is 0 Å². The number of hydrogen-bond donors (Lipinski definition) is 2. The molecule has 2 aliphatic carbocycles. The third-order valence-corrected chi connectivity index (χ3v) is 9.54. The molecule has 1 aromatic carbocycles. The standard InChI is InChI=1S/C26H30N4O3S2/c31-24(30-25-28-16-17-34-25)26(18-23(26)19-6-2-1-3-7-19)20-9-11-22(12-10-20)35(32,33)29-15-13-21-8-4-5-14-27-21/h4-5,8-12,14,16-17,19,23,29H,1-3,6-7,13,15,18H2,(H,28,30,31)/t23-,26-/m0/s1. The van der Waals surface area contributed by atoms with Crippen molar-refractivity contribution < 1.29 is 13.2 Å². The molecule has 2 N–H and O–H groups in total. The summed E-state index contributed by atoms with van der Waals surface area (Å²) in [7, 11) is -3.65. The van der Waals surface area contributed by atoms with Crippen LogP contribution in [-0.4, -0.2) is 30.8 Å². The van der Waals surface area contributed by atoms with Crippen molar-refractivity contribution in [3.63, 3.8) is 0 Å². The molecule has 0 saturated heterocycles. The van der Waals surface area contributed by atoms with Gasteiger partial charge in [-0.25, -0.2) is 18.1 Å². The molecule has 0 radical (unpaired) electrons. The number of thiazole rings is 1. The maximum Gasteiger partial charge on any atom is 0.240 e. The third-order valence-electron chi connectivity index (χ3n) is 7.37. The molecule has 2 aliphatic rings. The number of hydrogen-bond acceptors (Lipinski definition) is 6. The van der Waals surface area contributed by atoms with Crippen molar-refractivity contribution in [2.24, 2.45) is 11.8 Å². The minimum atomic E-state index is -3.65. The number of nitrogens with zero attached hydrogens (tertiary/aromatic N) is 2. The molecule has 3 aromatic rings. The zero-order valence-electron chi connectivity index (χ0n) is 19.5. The number of nitrogens with one attached hydrogen (secondary N) is 2. The van der Waals surface area contributed by atoms with Gasteiger partial charge in [0.05, 0.1) is 10.3 Å². The van der Waals surface area contributed by atoms with Crippen molar-refractivity contribution >= 4 is 32.4 Å². The van der Waals surface area contributed by atoms with Crippen molar-refractivity contribution in [2.75, 3.05) is 11.9 Å². The lowest BCUT2D eigenvalue weighted by Crippen LogP contribution is -2.32. The molecule has 0 spiro atoms. The van der Waals surface area contributed by atoms with Crippen LogP contribution >= 0.6 is 11.3 Å². The van der Waals surface area contributed by atoms with E-state index in [1.807, 2.05) is 35.7 Å². The van der Waals surface area contributed by atoms with Gasteiger partial charge in [-0.15, -0.1) is 11.3 Å². The molecule has 2 atom stereocenters. The predicted molar refractivity (Wildman–Crippen MR) is 137 cm³/mol. The van der Waals surface area contributed by atoms with Gasteiger partial charge in [0.2, 0.25) is 15.9 Å². The van der Waals surface area contributed by atoms with Gasteiger partial charge in [0, 0.05) is 36.4 Å². The first-order valence-electron chi connectivity index (χ1n) is 12.2. The van der Waals surface area contributed by atoms with Crippen LogP contribution in [0.1, 0.15) is 49.8 Å². The molecular weight excluding hydrogens is 480 g/mol. The molecule has 2 heterocycles. The Bertz CT molecular complexity index is 1240. The monoisotopic (exact) mass is 510 g/mol. The molecule has 7 nitrogen and oxygen atoms in total. The molecule has 0 bridgehead atoms. The third kappa shape index (κ3) is 5.17. The summed E-state index contributed by atoms with van der Waals surface area (Å²) in [5.74, 6) is 0.774.